The van der Waals surface area contributed by atoms with Gasteiger partial charge in [0.1, 0.15) is 0 Å². The summed E-state index contributed by atoms with van der Waals surface area (Å²) in [6.07, 6.45) is 3.46. The first-order valence-corrected chi connectivity index (χ1v) is 6.98. The van der Waals surface area contributed by atoms with Crippen LogP contribution in [0.5, 0.6) is 0 Å². The monoisotopic (exact) mass is 252 g/mol. The number of anilines is 1. The number of benzene rings is 2. The Hall–Kier alpha value is -2.01. The predicted molar refractivity (Wildman–Crippen MR) is 81.3 cm³/mol. The lowest BCUT2D eigenvalue weighted by molar-refractivity contribution is 0.623. The number of nitriles is 1. The maximum atomic E-state index is 9.17. The third-order valence-corrected chi connectivity index (χ3v) is 3.53. The Morgan fingerprint density at radius 2 is 1.84 bits per heavy atom. The van der Waals surface area contributed by atoms with Crippen LogP contribution in [0, 0.1) is 11.3 Å². The maximum absolute atomic E-state index is 9.17. The Morgan fingerprint density at radius 1 is 1.11 bits per heavy atom. The molecule has 2 rings (SSSR count). The van der Waals surface area contributed by atoms with E-state index in [9.17, 15) is 0 Å². The van der Waals surface area contributed by atoms with Crippen LogP contribution in [0.25, 0.3) is 10.8 Å². The molecule has 2 aromatic carbocycles. The van der Waals surface area contributed by atoms with Gasteiger partial charge >= 0.3 is 0 Å². The lowest BCUT2D eigenvalue weighted by atomic mass is 10.0. The smallest absolute Gasteiger partial charge is 0.0998 e. The molecule has 98 valence electrons. The standard InChI is InChI=1S/C17H20N2/c1-3-7-14(4-2)19-17-11-10-13(12-18)15-8-5-6-9-16(15)17/h5-6,8-11,14,19H,3-4,7H2,1-2H3. The summed E-state index contributed by atoms with van der Waals surface area (Å²) in [5.41, 5.74) is 1.87. The van der Waals surface area contributed by atoms with Crippen molar-refractivity contribution in [3.8, 4) is 6.07 Å². The minimum atomic E-state index is 0.501. The van der Waals surface area contributed by atoms with Crippen LogP contribution in [0.4, 0.5) is 5.69 Å². The molecule has 0 fully saturated rings. The molecule has 1 N–H and O–H groups in total. The first-order valence-electron chi connectivity index (χ1n) is 6.98. The summed E-state index contributed by atoms with van der Waals surface area (Å²) >= 11 is 0. The molecule has 0 aliphatic heterocycles. The number of hydrogen-bond donors (Lipinski definition) is 1. The van der Waals surface area contributed by atoms with E-state index in [4.69, 9.17) is 5.26 Å². The highest BCUT2D eigenvalue weighted by Gasteiger charge is 2.09. The highest BCUT2D eigenvalue weighted by atomic mass is 14.9. The molecule has 0 aliphatic rings. The zero-order valence-electron chi connectivity index (χ0n) is 11.6. The second-order valence-electron chi connectivity index (χ2n) is 4.86. The van der Waals surface area contributed by atoms with Crippen LogP contribution in [-0.4, -0.2) is 6.04 Å². The van der Waals surface area contributed by atoms with Crippen LogP contribution >= 0.6 is 0 Å². The van der Waals surface area contributed by atoms with Crippen LogP contribution < -0.4 is 5.32 Å². The van der Waals surface area contributed by atoms with Gasteiger partial charge in [-0.3, -0.25) is 0 Å². The van der Waals surface area contributed by atoms with Gasteiger partial charge in [-0.25, -0.2) is 0 Å². The summed E-state index contributed by atoms with van der Waals surface area (Å²) in [6, 6.07) is 14.8. The van der Waals surface area contributed by atoms with Crippen molar-refractivity contribution in [3.63, 3.8) is 0 Å². The Morgan fingerprint density at radius 3 is 2.47 bits per heavy atom. The van der Waals surface area contributed by atoms with Gasteiger partial charge in [-0.15, -0.1) is 0 Å². The molecule has 0 radical (unpaired) electrons. The van der Waals surface area contributed by atoms with Gasteiger partial charge in [0.15, 0.2) is 0 Å². The number of fused-ring (bicyclic) bond motifs is 1. The summed E-state index contributed by atoms with van der Waals surface area (Å²) in [7, 11) is 0. The van der Waals surface area contributed by atoms with Gasteiger partial charge in [0.2, 0.25) is 0 Å². The van der Waals surface area contributed by atoms with Crippen molar-refractivity contribution < 1.29 is 0 Å². The largest absolute Gasteiger partial charge is 0.382 e. The van der Waals surface area contributed by atoms with Crippen molar-refractivity contribution >= 4 is 16.5 Å². The van der Waals surface area contributed by atoms with E-state index in [1.807, 2.05) is 30.3 Å². The fraction of sp³-hybridized carbons (Fsp3) is 0.353. The second-order valence-corrected chi connectivity index (χ2v) is 4.86. The average molecular weight is 252 g/mol. The van der Waals surface area contributed by atoms with Crippen LogP contribution in [0.3, 0.4) is 0 Å². The van der Waals surface area contributed by atoms with E-state index in [2.05, 4.69) is 31.3 Å². The minimum Gasteiger partial charge on any atom is -0.382 e. The van der Waals surface area contributed by atoms with E-state index in [-0.39, 0.29) is 0 Å². The van der Waals surface area contributed by atoms with Gasteiger partial charge in [-0.1, -0.05) is 44.5 Å². The summed E-state index contributed by atoms with van der Waals surface area (Å²) < 4.78 is 0. The van der Waals surface area contributed by atoms with E-state index < -0.39 is 0 Å². The molecule has 0 amide bonds. The summed E-state index contributed by atoms with van der Waals surface area (Å²) in [5, 5.41) is 14.9. The molecule has 19 heavy (non-hydrogen) atoms. The van der Waals surface area contributed by atoms with Gasteiger partial charge in [0, 0.05) is 22.5 Å². The fourth-order valence-electron chi connectivity index (χ4n) is 2.47. The minimum absolute atomic E-state index is 0.501. The maximum Gasteiger partial charge on any atom is 0.0998 e. The van der Waals surface area contributed by atoms with Crippen molar-refractivity contribution in [1.82, 2.24) is 0 Å². The topological polar surface area (TPSA) is 35.8 Å². The number of hydrogen-bond acceptors (Lipinski definition) is 2. The molecule has 1 atom stereocenters. The van der Waals surface area contributed by atoms with Gasteiger partial charge in [0.25, 0.3) is 0 Å². The molecule has 1 unspecified atom stereocenters. The molecular weight excluding hydrogens is 232 g/mol. The van der Waals surface area contributed by atoms with Crippen LogP contribution in [-0.2, 0) is 0 Å². The van der Waals surface area contributed by atoms with E-state index >= 15 is 0 Å². The lowest BCUT2D eigenvalue weighted by Gasteiger charge is -2.19. The highest BCUT2D eigenvalue weighted by molar-refractivity contribution is 5.97. The first kappa shape index (κ1) is 13.4. The highest BCUT2D eigenvalue weighted by Crippen LogP contribution is 2.27. The summed E-state index contributed by atoms with van der Waals surface area (Å²) in [4.78, 5) is 0. The summed E-state index contributed by atoms with van der Waals surface area (Å²) in [5.74, 6) is 0. The van der Waals surface area contributed by atoms with Gasteiger partial charge in [-0.05, 0) is 25.0 Å². The molecule has 0 bridgehead atoms. The molecule has 0 saturated heterocycles. The molecular formula is C17H20N2. The van der Waals surface area contributed by atoms with E-state index in [0.717, 1.165) is 28.4 Å². The van der Waals surface area contributed by atoms with Crippen molar-refractivity contribution in [3.05, 3.63) is 42.0 Å². The summed E-state index contributed by atoms with van der Waals surface area (Å²) in [6.45, 7) is 4.42. The van der Waals surface area contributed by atoms with E-state index in [0.29, 0.717) is 6.04 Å². The zero-order chi connectivity index (χ0) is 13.7. The van der Waals surface area contributed by atoms with Crippen LogP contribution in [0.2, 0.25) is 0 Å². The molecule has 2 aromatic rings. The van der Waals surface area contributed by atoms with Gasteiger partial charge < -0.3 is 5.32 Å². The zero-order valence-corrected chi connectivity index (χ0v) is 11.6. The lowest BCUT2D eigenvalue weighted by Crippen LogP contribution is -2.18. The van der Waals surface area contributed by atoms with Crippen molar-refractivity contribution in [2.24, 2.45) is 0 Å². The quantitative estimate of drug-likeness (QED) is 0.837. The second kappa shape index (κ2) is 6.24. The van der Waals surface area contributed by atoms with Gasteiger partial charge in [0.05, 0.1) is 11.6 Å². The van der Waals surface area contributed by atoms with Crippen molar-refractivity contribution in [2.75, 3.05) is 5.32 Å². The fourth-order valence-corrected chi connectivity index (χ4v) is 2.47. The number of rotatable bonds is 5. The molecule has 0 aromatic heterocycles. The molecule has 0 spiro atoms. The molecule has 0 saturated carbocycles. The van der Waals surface area contributed by atoms with Crippen LogP contribution in [0.15, 0.2) is 36.4 Å². The average Bonchev–Trinajstić information content (AvgIpc) is 2.47. The molecule has 0 aliphatic carbocycles. The molecule has 0 heterocycles. The van der Waals surface area contributed by atoms with Crippen molar-refractivity contribution in [1.29, 1.82) is 5.26 Å². The van der Waals surface area contributed by atoms with Crippen molar-refractivity contribution in [2.45, 2.75) is 39.2 Å². The number of nitrogens with zero attached hydrogens (tertiary/aromatic N) is 1. The molecule has 2 heteroatoms. The normalized spacial score (nSPS) is 12.1. The Kier molecular flexibility index (Phi) is 4.41. The third kappa shape index (κ3) is 2.88. The molecule has 2 nitrogen and oxygen atoms in total. The first-order chi connectivity index (χ1) is 9.30. The van der Waals surface area contributed by atoms with E-state index in [1.165, 1.54) is 12.8 Å². The predicted octanol–water partition coefficient (Wildman–Crippen LogP) is 4.70. The van der Waals surface area contributed by atoms with Gasteiger partial charge in [-0.2, -0.15) is 5.26 Å². The van der Waals surface area contributed by atoms with E-state index in [1.54, 1.807) is 0 Å². The van der Waals surface area contributed by atoms with Crippen LogP contribution in [0.1, 0.15) is 38.7 Å². The Balaban J connectivity index is 2.42. The SMILES string of the molecule is CCCC(CC)Nc1ccc(C#N)c2ccccc12. The Labute approximate surface area is 115 Å². The third-order valence-electron chi connectivity index (χ3n) is 3.53. The number of nitrogens with one attached hydrogen (secondary N) is 1. The Bertz CT molecular complexity index is 596.